The largest absolute Gasteiger partial charge is 0.477 e. The second-order valence-electron chi connectivity index (χ2n) is 8.03. The second kappa shape index (κ2) is 8.41. The third-order valence-corrected chi connectivity index (χ3v) is 6.17. The zero-order valence-electron chi connectivity index (χ0n) is 17.5. The van der Waals surface area contributed by atoms with Crippen LogP contribution < -0.4 is 9.47 Å². The van der Waals surface area contributed by atoms with Crippen molar-refractivity contribution in [1.29, 1.82) is 0 Å². The first-order valence-corrected chi connectivity index (χ1v) is 10.8. The Morgan fingerprint density at radius 3 is 2.78 bits per heavy atom. The number of ether oxygens (including phenoxy) is 2. The van der Waals surface area contributed by atoms with E-state index in [0.717, 1.165) is 40.4 Å². The van der Waals surface area contributed by atoms with Crippen molar-refractivity contribution < 1.29 is 18.7 Å². The second-order valence-corrected chi connectivity index (χ2v) is 8.44. The molecule has 162 valence electrons. The number of fused-ring (bicyclic) bond motifs is 2. The third kappa shape index (κ3) is 3.90. The Bertz CT molecular complexity index is 1250. The van der Waals surface area contributed by atoms with E-state index < -0.39 is 0 Å². The topological polar surface area (TPSA) is 38.8 Å². The van der Waals surface area contributed by atoms with Gasteiger partial charge in [0.2, 0.25) is 5.78 Å². The molecule has 2 aliphatic heterocycles. The summed E-state index contributed by atoms with van der Waals surface area (Å²) in [7, 11) is 0. The Hall–Kier alpha value is -3.15. The van der Waals surface area contributed by atoms with Crippen LogP contribution in [-0.4, -0.2) is 24.0 Å². The number of rotatable bonds is 4. The van der Waals surface area contributed by atoms with E-state index in [4.69, 9.17) is 21.1 Å². The molecule has 0 aliphatic carbocycles. The summed E-state index contributed by atoms with van der Waals surface area (Å²) < 4.78 is 25.5. The van der Waals surface area contributed by atoms with Gasteiger partial charge >= 0.3 is 0 Å². The summed E-state index contributed by atoms with van der Waals surface area (Å²) >= 11 is 6.28. The molecule has 0 atom stereocenters. The summed E-state index contributed by atoms with van der Waals surface area (Å²) in [6, 6.07) is 15.7. The van der Waals surface area contributed by atoms with Gasteiger partial charge in [-0.15, -0.1) is 0 Å². The average molecular weight is 450 g/mol. The minimum absolute atomic E-state index is 0.187. The molecule has 0 fully saturated rings. The van der Waals surface area contributed by atoms with E-state index in [1.807, 2.05) is 37.3 Å². The fraction of sp³-hybridized carbons (Fsp3) is 0.192. The molecular weight excluding hydrogens is 429 g/mol. The van der Waals surface area contributed by atoms with E-state index in [1.165, 1.54) is 12.1 Å². The molecule has 32 heavy (non-hydrogen) atoms. The van der Waals surface area contributed by atoms with Gasteiger partial charge in [0.05, 0.1) is 5.56 Å². The Morgan fingerprint density at radius 1 is 1.12 bits per heavy atom. The molecule has 0 bridgehead atoms. The number of ketones is 1. The summed E-state index contributed by atoms with van der Waals surface area (Å²) in [4.78, 5) is 15.2. The predicted molar refractivity (Wildman–Crippen MR) is 122 cm³/mol. The minimum Gasteiger partial charge on any atom is -0.477 e. The highest BCUT2D eigenvalue weighted by atomic mass is 35.5. The summed E-state index contributed by atoms with van der Waals surface area (Å²) in [6.07, 6.45) is 2.38. The van der Waals surface area contributed by atoms with Gasteiger partial charge in [-0.05, 0) is 54.8 Å². The fourth-order valence-corrected chi connectivity index (χ4v) is 4.40. The number of hydrogen-bond acceptors (Lipinski definition) is 4. The molecule has 2 aliphatic rings. The maximum absolute atomic E-state index is 13.5. The first-order valence-electron chi connectivity index (χ1n) is 10.4. The van der Waals surface area contributed by atoms with Crippen molar-refractivity contribution in [2.24, 2.45) is 0 Å². The Balaban J connectivity index is 1.37. The summed E-state index contributed by atoms with van der Waals surface area (Å²) in [5.41, 5.74) is 3.95. The van der Waals surface area contributed by atoms with Crippen LogP contribution in [0, 0.1) is 12.7 Å². The lowest BCUT2D eigenvalue weighted by Crippen LogP contribution is -2.34. The maximum atomic E-state index is 13.5. The molecule has 0 radical (unpaired) electrons. The van der Waals surface area contributed by atoms with Crippen LogP contribution >= 0.6 is 11.6 Å². The van der Waals surface area contributed by atoms with Gasteiger partial charge in [0, 0.05) is 29.2 Å². The van der Waals surface area contributed by atoms with Crippen molar-refractivity contribution in [3.8, 4) is 11.5 Å². The van der Waals surface area contributed by atoms with Crippen molar-refractivity contribution in [2.45, 2.75) is 19.9 Å². The summed E-state index contributed by atoms with van der Waals surface area (Å²) in [5.74, 6) is 0.896. The van der Waals surface area contributed by atoms with Crippen molar-refractivity contribution in [3.63, 3.8) is 0 Å². The van der Waals surface area contributed by atoms with Crippen LogP contribution in [0.2, 0.25) is 5.02 Å². The smallest absolute Gasteiger partial charge is 0.231 e. The van der Waals surface area contributed by atoms with Gasteiger partial charge in [-0.3, -0.25) is 9.69 Å². The van der Waals surface area contributed by atoms with Crippen LogP contribution in [0.4, 0.5) is 4.39 Å². The molecule has 0 amide bonds. The van der Waals surface area contributed by atoms with Crippen LogP contribution in [-0.2, 0) is 13.0 Å². The monoisotopic (exact) mass is 449 g/mol. The van der Waals surface area contributed by atoms with Crippen molar-refractivity contribution in [2.75, 3.05) is 13.3 Å². The summed E-state index contributed by atoms with van der Waals surface area (Å²) in [6.45, 7) is 3.81. The standard InChI is InChI=1S/C26H21ClFNO3/c1-16-25-19(14-29(15-31-25)10-9-18-6-2-3-8-22(18)27)13-21-24(30)23(32-26(16)21)12-17-5-4-7-20(28)11-17/h2-8,11-13H,9-10,14-15H2,1H3/b23-12-. The van der Waals surface area contributed by atoms with Crippen molar-refractivity contribution in [1.82, 2.24) is 4.90 Å². The molecule has 6 heteroatoms. The first kappa shape index (κ1) is 20.7. The van der Waals surface area contributed by atoms with Crippen molar-refractivity contribution >= 4 is 23.5 Å². The molecule has 3 aromatic rings. The van der Waals surface area contributed by atoms with Gasteiger partial charge in [-0.2, -0.15) is 0 Å². The van der Waals surface area contributed by atoms with Gasteiger partial charge in [0.1, 0.15) is 24.0 Å². The Morgan fingerprint density at radius 2 is 1.97 bits per heavy atom. The molecule has 0 unspecified atom stereocenters. The third-order valence-electron chi connectivity index (χ3n) is 5.80. The van der Waals surface area contributed by atoms with E-state index >= 15 is 0 Å². The highest BCUT2D eigenvalue weighted by molar-refractivity contribution is 6.31. The highest BCUT2D eigenvalue weighted by Crippen LogP contribution is 2.43. The van der Waals surface area contributed by atoms with Crippen LogP contribution in [0.5, 0.6) is 11.5 Å². The molecule has 0 N–H and O–H groups in total. The van der Waals surface area contributed by atoms with Gasteiger partial charge in [0.25, 0.3) is 0 Å². The molecule has 3 aromatic carbocycles. The SMILES string of the molecule is Cc1c2c(cc3c1O/C(=C\c1cccc(F)c1)C3=O)CN(CCc1ccccc1Cl)CO2. The Kier molecular flexibility index (Phi) is 5.45. The first-order chi connectivity index (χ1) is 15.5. The predicted octanol–water partition coefficient (Wildman–Crippen LogP) is 5.80. The van der Waals surface area contributed by atoms with Gasteiger partial charge in [-0.1, -0.05) is 41.9 Å². The average Bonchev–Trinajstić information content (AvgIpc) is 3.09. The lowest BCUT2D eigenvalue weighted by atomic mass is 10.00. The molecule has 5 rings (SSSR count). The zero-order valence-corrected chi connectivity index (χ0v) is 18.3. The highest BCUT2D eigenvalue weighted by Gasteiger charge is 2.33. The number of carbonyl (C=O) groups excluding carboxylic acids is 1. The summed E-state index contributed by atoms with van der Waals surface area (Å²) in [5, 5.41) is 0.764. The maximum Gasteiger partial charge on any atom is 0.231 e. The number of halogens is 2. The number of nitrogens with zero attached hydrogens (tertiary/aromatic N) is 1. The van der Waals surface area contributed by atoms with Crippen molar-refractivity contribution in [3.05, 3.63) is 99.0 Å². The number of carbonyl (C=O) groups is 1. The van der Waals surface area contributed by atoms with E-state index in [9.17, 15) is 9.18 Å². The van der Waals surface area contributed by atoms with E-state index in [-0.39, 0.29) is 17.4 Å². The van der Waals surface area contributed by atoms with E-state index in [2.05, 4.69) is 4.90 Å². The van der Waals surface area contributed by atoms with Crippen LogP contribution in [0.3, 0.4) is 0 Å². The minimum atomic E-state index is -0.362. The van der Waals surface area contributed by atoms with Gasteiger partial charge in [-0.25, -0.2) is 4.39 Å². The number of benzene rings is 3. The van der Waals surface area contributed by atoms with Crippen LogP contribution in [0.1, 0.15) is 32.6 Å². The molecule has 0 spiro atoms. The molecule has 2 heterocycles. The molecule has 4 nitrogen and oxygen atoms in total. The fourth-order valence-electron chi connectivity index (χ4n) is 4.17. The van der Waals surface area contributed by atoms with E-state index in [0.29, 0.717) is 30.2 Å². The van der Waals surface area contributed by atoms with Gasteiger partial charge in [0.15, 0.2) is 5.76 Å². The van der Waals surface area contributed by atoms with E-state index in [1.54, 1.807) is 18.2 Å². The van der Waals surface area contributed by atoms with Crippen LogP contribution in [0.25, 0.3) is 6.08 Å². The quantitative estimate of drug-likeness (QED) is 0.472. The number of Topliss-reactive ketones (excluding diaryl/α,β-unsaturated/α-hetero) is 1. The Labute approximate surface area is 190 Å². The molecule has 0 aromatic heterocycles. The normalized spacial score (nSPS) is 16.5. The molecule has 0 saturated heterocycles. The lowest BCUT2D eigenvalue weighted by Gasteiger charge is -2.30. The van der Waals surface area contributed by atoms with Gasteiger partial charge < -0.3 is 9.47 Å². The number of allylic oxidation sites excluding steroid dienone is 1. The molecular formula is C26H21ClFNO3. The lowest BCUT2D eigenvalue weighted by molar-refractivity contribution is 0.0954. The van der Waals surface area contributed by atoms with Crippen LogP contribution in [0.15, 0.2) is 60.4 Å². The molecule has 0 saturated carbocycles. The zero-order chi connectivity index (χ0) is 22.2. The number of hydrogen-bond donors (Lipinski definition) is 0.